The number of halogens is 1. The zero-order valence-corrected chi connectivity index (χ0v) is 12.4. The molecule has 5 heterocycles. The minimum absolute atomic E-state index is 0.0679. The molecule has 2 N–H and O–H groups in total. The van der Waals surface area contributed by atoms with Crippen LogP contribution < -0.4 is 15.5 Å². The maximum absolute atomic E-state index is 13.4. The van der Waals surface area contributed by atoms with Crippen LogP contribution in [0.25, 0.3) is 11.3 Å². The van der Waals surface area contributed by atoms with Gasteiger partial charge in [0.25, 0.3) is 0 Å². The quantitative estimate of drug-likeness (QED) is 0.875. The third-order valence-electron chi connectivity index (χ3n) is 4.49. The lowest BCUT2D eigenvalue weighted by atomic mass is 10.1. The van der Waals surface area contributed by atoms with Gasteiger partial charge in [-0.2, -0.15) is 0 Å². The number of amides is 2. The van der Waals surface area contributed by atoms with Gasteiger partial charge in [0.15, 0.2) is 5.82 Å². The van der Waals surface area contributed by atoms with Gasteiger partial charge in [-0.25, -0.2) is 14.2 Å². The Morgan fingerprint density at radius 2 is 2.04 bits per heavy atom. The van der Waals surface area contributed by atoms with Crippen molar-refractivity contribution in [1.29, 1.82) is 0 Å². The Balaban J connectivity index is 1.86. The van der Waals surface area contributed by atoms with Gasteiger partial charge in [0.2, 0.25) is 0 Å². The van der Waals surface area contributed by atoms with E-state index in [4.69, 9.17) is 5.73 Å². The molecule has 0 aliphatic carbocycles. The van der Waals surface area contributed by atoms with Crippen molar-refractivity contribution in [3.8, 4) is 11.3 Å². The fraction of sp³-hybridized carbons (Fsp3) is 0.312. The van der Waals surface area contributed by atoms with Crippen molar-refractivity contribution < 1.29 is 9.18 Å². The molecule has 2 aromatic heterocycles. The first kappa shape index (κ1) is 13.9. The van der Waals surface area contributed by atoms with Gasteiger partial charge >= 0.3 is 6.03 Å². The number of pyridine rings is 2. The van der Waals surface area contributed by atoms with Gasteiger partial charge in [-0.3, -0.25) is 9.88 Å². The van der Waals surface area contributed by atoms with Crippen molar-refractivity contribution in [2.45, 2.75) is 18.9 Å². The van der Waals surface area contributed by atoms with E-state index < -0.39 is 11.8 Å². The smallest absolute Gasteiger partial charge is 0.320 e. The molecule has 2 aromatic rings. The number of carbonyl (C=O) groups is 1. The van der Waals surface area contributed by atoms with Gasteiger partial charge in [0.05, 0.1) is 17.6 Å². The van der Waals surface area contributed by atoms with Crippen LogP contribution in [0.1, 0.15) is 12.8 Å². The maximum Gasteiger partial charge on any atom is 0.320 e. The van der Waals surface area contributed by atoms with E-state index in [0.29, 0.717) is 17.1 Å². The fourth-order valence-electron chi connectivity index (χ4n) is 3.40. The van der Waals surface area contributed by atoms with Crippen LogP contribution in [0.5, 0.6) is 0 Å². The van der Waals surface area contributed by atoms with Crippen LogP contribution in [-0.2, 0) is 0 Å². The minimum Gasteiger partial charge on any atom is -0.368 e. The normalized spacial score (nSPS) is 17.1. The maximum atomic E-state index is 13.4. The van der Waals surface area contributed by atoms with Gasteiger partial charge in [0, 0.05) is 30.9 Å². The van der Waals surface area contributed by atoms with Crippen molar-refractivity contribution in [3.63, 3.8) is 0 Å². The Bertz CT molecular complexity index is 773. The van der Waals surface area contributed by atoms with Gasteiger partial charge in [-0.1, -0.05) is 0 Å². The predicted octanol–water partition coefficient (Wildman–Crippen LogP) is 2.15. The Hall–Kier alpha value is -2.70. The molecule has 7 heteroatoms. The van der Waals surface area contributed by atoms with Crippen molar-refractivity contribution >= 4 is 17.5 Å². The second kappa shape index (κ2) is 5.19. The summed E-state index contributed by atoms with van der Waals surface area (Å²) in [7, 11) is 0. The van der Waals surface area contributed by atoms with E-state index in [2.05, 4.69) is 14.9 Å². The van der Waals surface area contributed by atoms with Gasteiger partial charge in [-0.05, 0) is 31.0 Å². The number of carbonyl (C=O) groups excluding carboxylic acids is 1. The van der Waals surface area contributed by atoms with E-state index in [1.807, 2.05) is 12.1 Å². The number of fused-ring (bicyclic) bond motifs is 2. The van der Waals surface area contributed by atoms with E-state index in [1.54, 1.807) is 11.1 Å². The summed E-state index contributed by atoms with van der Waals surface area (Å²) in [6.45, 7) is 1.76. The molecular weight excluding hydrogens is 297 g/mol. The molecule has 3 aliphatic rings. The monoisotopic (exact) mass is 313 g/mol. The molecule has 2 amide bonds. The molecule has 1 saturated heterocycles. The summed E-state index contributed by atoms with van der Waals surface area (Å²) in [6, 6.07) is 4.70. The highest BCUT2D eigenvalue weighted by Gasteiger charge is 2.36. The topological polar surface area (TPSA) is 75.4 Å². The molecular formula is C16H16FN5O. The van der Waals surface area contributed by atoms with Gasteiger partial charge < -0.3 is 10.6 Å². The fourth-order valence-corrected chi connectivity index (χ4v) is 3.40. The highest BCUT2D eigenvalue weighted by Crippen LogP contribution is 2.38. The first-order valence-electron chi connectivity index (χ1n) is 7.59. The number of anilines is 2. The summed E-state index contributed by atoms with van der Waals surface area (Å²) in [5.41, 5.74) is 7.65. The number of hydrogen-bond donors (Lipinski definition) is 1. The molecule has 0 spiro atoms. The van der Waals surface area contributed by atoms with Crippen LogP contribution in [0.2, 0.25) is 0 Å². The molecule has 0 atom stereocenters. The van der Waals surface area contributed by atoms with Crippen molar-refractivity contribution in [2.75, 3.05) is 22.9 Å². The van der Waals surface area contributed by atoms with E-state index in [0.717, 1.165) is 37.8 Å². The Morgan fingerprint density at radius 1 is 1.26 bits per heavy atom. The molecule has 118 valence electrons. The van der Waals surface area contributed by atoms with E-state index in [1.165, 1.54) is 6.07 Å². The number of hydrogen-bond acceptors (Lipinski definition) is 4. The van der Waals surface area contributed by atoms with Crippen molar-refractivity contribution in [3.05, 3.63) is 36.4 Å². The standard InChI is InChI=1S/C16H16FN5O/c17-11-7-10(8-19-9-11)13-1-2-14-15(20-13)22(16(18)23)12-3-5-21(14)6-4-12/h1-2,7-9,12H,3-6H2,(H2,18,23). The lowest BCUT2D eigenvalue weighted by Gasteiger charge is -2.30. The zero-order chi connectivity index (χ0) is 16.0. The molecule has 2 bridgehead atoms. The predicted molar refractivity (Wildman–Crippen MR) is 84.7 cm³/mol. The summed E-state index contributed by atoms with van der Waals surface area (Å²) in [4.78, 5) is 24.2. The lowest BCUT2D eigenvalue weighted by Crippen LogP contribution is -2.46. The Morgan fingerprint density at radius 3 is 2.74 bits per heavy atom. The number of urea groups is 1. The van der Waals surface area contributed by atoms with Gasteiger partial charge in [-0.15, -0.1) is 0 Å². The highest BCUT2D eigenvalue weighted by atomic mass is 19.1. The molecule has 5 rings (SSSR count). The first-order valence-corrected chi connectivity index (χ1v) is 7.59. The molecule has 0 saturated carbocycles. The summed E-state index contributed by atoms with van der Waals surface area (Å²) < 4.78 is 13.4. The highest BCUT2D eigenvalue weighted by molar-refractivity contribution is 5.95. The second-order valence-corrected chi connectivity index (χ2v) is 5.86. The van der Waals surface area contributed by atoms with E-state index in [9.17, 15) is 9.18 Å². The number of aromatic nitrogens is 2. The number of piperidine rings is 1. The van der Waals surface area contributed by atoms with E-state index >= 15 is 0 Å². The van der Waals surface area contributed by atoms with E-state index in [-0.39, 0.29) is 6.04 Å². The Labute approximate surface area is 132 Å². The largest absolute Gasteiger partial charge is 0.368 e. The van der Waals surface area contributed by atoms with Crippen LogP contribution in [0, 0.1) is 5.82 Å². The van der Waals surface area contributed by atoms with Crippen molar-refractivity contribution in [2.24, 2.45) is 5.73 Å². The van der Waals surface area contributed by atoms with Crippen LogP contribution in [0.3, 0.4) is 0 Å². The lowest BCUT2D eigenvalue weighted by molar-refractivity contribution is 0.250. The number of nitrogens with zero attached hydrogens (tertiary/aromatic N) is 4. The minimum atomic E-state index is -0.498. The molecule has 23 heavy (non-hydrogen) atoms. The number of nitrogens with two attached hydrogens (primary N) is 1. The zero-order valence-electron chi connectivity index (χ0n) is 12.4. The average Bonchev–Trinajstić information content (AvgIpc) is 2.80. The third kappa shape index (κ3) is 2.28. The van der Waals surface area contributed by atoms with Crippen LogP contribution in [-0.4, -0.2) is 35.1 Å². The molecule has 0 aromatic carbocycles. The van der Waals surface area contributed by atoms with Crippen LogP contribution >= 0.6 is 0 Å². The number of primary amides is 1. The van der Waals surface area contributed by atoms with Gasteiger partial charge in [0.1, 0.15) is 5.82 Å². The first-order chi connectivity index (χ1) is 11.1. The third-order valence-corrected chi connectivity index (χ3v) is 4.49. The average molecular weight is 313 g/mol. The number of rotatable bonds is 1. The molecule has 6 nitrogen and oxygen atoms in total. The summed E-state index contributed by atoms with van der Waals surface area (Å²) in [6.07, 6.45) is 4.44. The molecule has 0 radical (unpaired) electrons. The summed E-state index contributed by atoms with van der Waals surface area (Å²) in [5.74, 6) is 0.133. The van der Waals surface area contributed by atoms with Crippen LogP contribution in [0.15, 0.2) is 30.6 Å². The summed E-state index contributed by atoms with van der Waals surface area (Å²) in [5, 5.41) is 0. The van der Waals surface area contributed by atoms with Crippen molar-refractivity contribution in [1.82, 2.24) is 9.97 Å². The molecule has 3 aliphatic heterocycles. The second-order valence-electron chi connectivity index (χ2n) is 5.86. The molecule has 1 fully saturated rings. The Kier molecular flexibility index (Phi) is 3.14. The summed E-state index contributed by atoms with van der Waals surface area (Å²) >= 11 is 0. The van der Waals surface area contributed by atoms with Crippen LogP contribution in [0.4, 0.5) is 20.7 Å². The SMILES string of the molecule is NC(=O)N1c2nc(-c3cncc(F)c3)ccc2N2CCC1CC2. The molecule has 0 unspecified atom stereocenters.